The summed E-state index contributed by atoms with van der Waals surface area (Å²) in [7, 11) is -6.47. The van der Waals surface area contributed by atoms with E-state index in [9.17, 15) is 21.2 Å². The Kier molecular flexibility index (Phi) is 7.20. The minimum atomic E-state index is -3.74. The molecule has 14 heteroatoms. The summed E-state index contributed by atoms with van der Waals surface area (Å²) in [5.41, 5.74) is 3.32. The van der Waals surface area contributed by atoms with Crippen molar-refractivity contribution in [3.63, 3.8) is 0 Å². The minimum absolute atomic E-state index is 0.00694. The van der Waals surface area contributed by atoms with Crippen molar-refractivity contribution in [2.45, 2.75) is 36.1 Å². The van der Waals surface area contributed by atoms with E-state index in [0.717, 1.165) is 17.5 Å². The third-order valence-corrected chi connectivity index (χ3v) is 8.96. The van der Waals surface area contributed by atoms with Gasteiger partial charge in [0.05, 0.1) is 28.0 Å². The summed E-state index contributed by atoms with van der Waals surface area (Å²) in [4.78, 5) is 13.6. The van der Waals surface area contributed by atoms with Gasteiger partial charge in [-0.15, -0.1) is 0 Å². The smallest absolute Gasteiger partial charge is 0.245 e. The number of sulfonamides is 2. The van der Waals surface area contributed by atoms with Crippen molar-refractivity contribution in [1.82, 2.24) is 19.7 Å². The Hall–Kier alpha value is -3.72. The maximum absolute atomic E-state index is 13.2. The maximum atomic E-state index is 13.2. The molecule has 2 aromatic heterocycles. The van der Waals surface area contributed by atoms with E-state index in [1.807, 2.05) is 6.92 Å². The number of fused-ring (bicyclic) bond motifs is 2. The minimum Gasteiger partial charge on any atom is -0.476 e. The molecule has 1 aliphatic heterocycles. The topological polar surface area (TPSA) is 166 Å². The van der Waals surface area contributed by atoms with E-state index in [1.54, 1.807) is 36.4 Å². The molecule has 2 aliphatic rings. The average molecular weight is 573 g/mol. The molecule has 6 rings (SSSR count). The van der Waals surface area contributed by atoms with Crippen molar-refractivity contribution in [1.29, 1.82) is 0 Å². The van der Waals surface area contributed by atoms with E-state index < -0.39 is 20.0 Å². The first-order valence-electron chi connectivity index (χ1n) is 12.0. The van der Waals surface area contributed by atoms with Crippen molar-refractivity contribution in [3.05, 3.63) is 72.0 Å². The van der Waals surface area contributed by atoms with E-state index in [-0.39, 0.29) is 16.0 Å². The molecule has 2 atom stereocenters. The zero-order valence-electron chi connectivity index (χ0n) is 20.7. The van der Waals surface area contributed by atoms with Crippen LogP contribution in [0.15, 0.2) is 65.6 Å². The molecule has 0 bridgehead atoms. The van der Waals surface area contributed by atoms with Crippen molar-refractivity contribution >= 4 is 37.0 Å². The second-order valence-electron chi connectivity index (χ2n) is 8.94. The molecule has 1 aliphatic carbocycles. The summed E-state index contributed by atoms with van der Waals surface area (Å²) in [6.07, 6.45) is 0.850. The van der Waals surface area contributed by atoms with Crippen LogP contribution in [-0.2, 0) is 26.6 Å². The molecule has 11 nitrogen and oxygen atoms in total. The number of nitrogens with one attached hydrogen (secondary N) is 2. The number of nitrogens with two attached hydrogens (primary N) is 1. The first kappa shape index (κ1) is 26.9. The van der Waals surface area contributed by atoms with Crippen LogP contribution in [0.2, 0.25) is 0 Å². The largest absolute Gasteiger partial charge is 0.476 e. The molecule has 0 amide bonds. The Labute approximate surface area is 224 Å². The normalized spacial score (nSPS) is 18.7. The van der Waals surface area contributed by atoms with Gasteiger partial charge in [-0.2, -0.15) is 4.98 Å². The van der Waals surface area contributed by atoms with E-state index >= 15 is 0 Å². The Bertz CT molecular complexity index is 1730. The van der Waals surface area contributed by atoms with Crippen molar-refractivity contribution in [2.75, 3.05) is 11.9 Å². The van der Waals surface area contributed by atoms with Crippen molar-refractivity contribution in [3.8, 4) is 17.1 Å². The number of halogens is 1. The fraction of sp³-hybridized carbons (Fsp3) is 0.240. The van der Waals surface area contributed by atoms with Gasteiger partial charge in [0.2, 0.25) is 31.9 Å². The molecule has 204 valence electrons. The van der Waals surface area contributed by atoms with Gasteiger partial charge in [0.1, 0.15) is 5.82 Å². The monoisotopic (exact) mass is 572 g/mol. The number of primary sulfonamides is 1. The van der Waals surface area contributed by atoms with Crippen LogP contribution in [-0.4, -0.2) is 49.7 Å². The summed E-state index contributed by atoms with van der Waals surface area (Å²) in [5, 5.41) is 8.24. The fourth-order valence-corrected chi connectivity index (χ4v) is 6.04. The molecule has 0 radical (unpaired) electrons. The lowest BCUT2D eigenvalue weighted by molar-refractivity contribution is 0.330. The van der Waals surface area contributed by atoms with Crippen LogP contribution < -0.4 is 19.9 Å². The molecule has 1 saturated carbocycles. The molecule has 2 unspecified atom stereocenters. The van der Waals surface area contributed by atoms with E-state index in [4.69, 9.17) is 9.88 Å². The Morgan fingerprint density at radius 3 is 2.31 bits per heavy atom. The third kappa shape index (κ3) is 6.14. The molecular formula is C25H25FN6O5S2. The number of aromatic nitrogens is 3. The molecule has 0 spiro atoms. The van der Waals surface area contributed by atoms with Gasteiger partial charge >= 0.3 is 0 Å². The standard InChI is InChI=1S/C22H20FN5O3S.C3H5NO2S/c1-2-31-21-20-19(12-11-18(26-20)15-5-7-16(23)8-6-15)27-22(28-21)25-13-14-3-9-17(10-4-14)32(24,29)30;5-7(6)3-1-2(3)4-7/h3-12H,2,13H2,1H3,(H2,24,29,30)(H,25,27,28);2-4H,1H2. The van der Waals surface area contributed by atoms with Crippen LogP contribution in [0.1, 0.15) is 18.9 Å². The first-order chi connectivity index (χ1) is 18.5. The molecule has 4 N–H and O–H groups in total. The lowest BCUT2D eigenvalue weighted by Crippen LogP contribution is -2.42. The number of benzene rings is 2. The molecular weight excluding hydrogens is 547 g/mol. The number of rotatable bonds is 7. The summed E-state index contributed by atoms with van der Waals surface area (Å²) in [6, 6.07) is 16.2. The van der Waals surface area contributed by atoms with Crippen LogP contribution in [0.25, 0.3) is 22.3 Å². The zero-order valence-corrected chi connectivity index (χ0v) is 22.3. The molecule has 3 heterocycles. The molecule has 39 heavy (non-hydrogen) atoms. The number of nitrogens with zero attached hydrogens (tertiary/aromatic N) is 3. The highest BCUT2D eigenvalue weighted by Gasteiger charge is 2.58. The van der Waals surface area contributed by atoms with Crippen molar-refractivity contribution < 1.29 is 26.0 Å². The van der Waals surface area contributed by atoms with Gasteiger partial charge in [-0.3, -0.25) is 0 Å². The zero-order chi connectivity index (χ0) is 27.8. The predicted molar refractivity (Wildman–Crippen MR) is 143 cm³/mol. The lowest BCUT2D eigenvalue weighted by Gasteiger charge is -2.11. The van der Waals surface area contributed by atoms with E-state index in [0.29, 0.717) is 47.7 Å². The van der Waals surface area contributed by atoms with Gasteiger partial charge in [-0.05, 0) is 67.4 Å². The van der Waals surface area contributed by atoms with Crippen molar-refractivity contribution in [2.24, 2.45) is 5.14 Å². The van der Waals surface area contributed by atoms with Crippen LogP contribution in [0.4, 0.5) is 10.3 Å². The van der Waals surface area contributed by atoms with Gasteiger partial charge in [-0.25, -0.2) is 41.1 Å². The van der Waals surface area contributed by atoms with Gasteiger partial charge in [-0.1, -0.05) is 12.1 Å². The highest BCUT2D eigenvalue weighted by molar-refractivity contribution is 7.92. The maximum Gasteiger partial charge on any atom is 0.245 e. The second kappa shape index (κ2) is 10.4. The van der Waals surface area contributed by atoms with E-state index in [2.05, 4.69) is 25.0 Å². The number of hydrogen-bond acceptors (Lipinski definition) is 9. The number of hydrogen-bond donors (Lipinski definition) is 3. The van der Waals surface area contributed by atoms with Crippen LogP contribution in [0, 0.1) is 5.82 Å². The Balaban J connectivity index is 0.000000376. The number of anilines is 1. The third-order valence-electron chi connectivity index (χ3n) is 6.08. The molecule has 4 aromatic rings. The SMILES string of the molecule is CCOc1nc(NCc2ccc(S(N)(=O)=O)cc2)nc2ccc(-c3ccc(F)cc3)nc12.O=S1(=O)NC2CC21. The lowest BCUT2D eigenvalue weighted by atomic mass is 10.1. The molecule has 2 fully saturated rings. The Morgan fingerprint density at radius 2 is 1.77 bits per heavy atom. The highest BCUT2D eigenvalue weighted by atomic mass is 32.2. The number of ether oxygens (including phenoxy) is 1. The predicted octanol–water partition coefficient (Wildman–Crippen LogP) is 2.55. The van der Waals surface area contributed by atoms with E-state index in [1.165, 1.54) is 24.3 Å². The summed E-state index contributed by atoms with van der Waals surface area (Å²) >= 11 is 0. The van der Waals surface area contributed by atoms with Crippen LogP contribution >= 0.6 is 0 Å². The fourth-order valence-electron chi connectivity index (χ4n) is 3.93. The van der Waals surface area contributed by atoms with Gasteiger partial charge in [0, 0.05) is 18.2 Å². The quantitative estimate of drug-likeness (QED) is 0.302. The molecule has 1 saturated heterocycles. The molecule has 2 aromatic carbocycles. The second-order valence-corrected chi connectivity index (χ2v) is 12.4. The summed E-state index contributed by atoms with van der Waals surface area (Å²) in [6.45, 7) is 2.60. The first-order valence-corrected chi connectivity index (χ1v) is 15.1. The van der Waals surface area contributed by atoms with Gasteiger partial charge < -0.3 is 10.1 Å². The highest BCUT2D eigenvalue weighted by Crippen LogP contribution is 2.38. The Morgan fingerprint density at radius 1 is 1.05 bits per heavy atom. The summed E-state index contributed by atoms with van der Waals surface area (Å²) < 4.78 is 64.8. The summed E-state index contributed by atoms with van der Waals surface area (Å²) in [5.74, 6) is 0.351. The average Bonchev–Trinajstić information content (AvgIpc) is 3.62. The number of pyridine rings is 1. The van der Waals surface area contributed by atoms with Crippen LogP contribution in [0.3, 0.4) is 0 Å². The van der Waals surface area contributed by atoms with Crippen LogP contribution in [0.5, 0.6) is 5.88 Å². The van der Waals surface area contributed by atoms with Gasteiger partial charge in [0.25, 0.3) is 0 Å². The van der Waals surface area contributed by atoms with Gasteiger partial charge in [0.15, 0.2) is 5.52 Å².